The third kappa shape index (κ3) is 10.9. The summed E-state index contributed by atoms with van der Waals surface area (Å²) < 4.78 is 0. The molecule has 0 spiro atoms. The lowest BCUT2D eigenvalue weighted by atomic mass is 10.0. The Bertz CT molecular complexity index is 1060. The minimum atomic E-state index is -1.56. The number of aliphatic hydroxyl groups is 1. The zero-order chi connectivity index (χ0) is 30.6. The van der Waals surface area contributed by atoms with Crippen LogP contribution in [0.3, 0.4) is 0 Å². The summed E-state index contributed by atoms with van der Waals surface area (Å²) in [5.74, 6) is -5.77. The molecule has 1 aromatic carbocycles. The van der Waals surface area contributed by atoms with Crippen molar-refractivity contribution >= 4 is 35.5 Å². The molecule has 222 valence electrons. The monoisotopic (exact) mass is 566 g/mol. The Balaban J connectivity index is 3.17. The molecule has 0 radical (unpaired) electrons. The van der Waals surface area contributed by atoms with E-state index in [0.29, 0.717) is 5.56 Å². The standard InChI is InChI=1S/C25H38N6O9/c1-4-15(28-24(38)20(27)12(3)32)21(35)31-18(11-19(26)34)23(37)30-17(10-13-6-8-14(33)9-7-13)22(36)29-16(5-2)25(39)40/h6-9,12,15-18,20,32-33H,4-5,10-11,27H2,1-3H3,(H2,26,34)(H,28,38)(H,29,36)(H,30,37)(H,31,35)(H,39,40). The predicted octanol–water partition coefficient (Wildman–Crippen LogP) is -2.64. The average Bonchev–Trinajstić information content (AvgIpc) is 2.89. The van der Waals surface area contributed by atoms with Gasteiger partial charge in [-0.2, -0.15) is 0 Å². The third-order valence-corrected chi connectivity index (χ3v) is 5.93. The van der Waals surface area contributed by atoms with Crippen molar-refractivity contribution in [1.82, 2.24) is 21.3 Å². The van der Waals surface area contributed by atoms with Crippen molar-refractivity contribution in [3.63, 3.8) is 0 Å². The van der Waals surface area contributed by atoms with Crippen LogP contribution in [0.15, 0.2) is 24.3 Å². The first-order chi connectivity index (χ1) is 18.7. The molecule has 0 aliphatic heterocycles. The molecule has 0 bridgehead atoms. The molecule has 0 aliphatic carbocycles. The Morgan fingerprint density at radius 3 is 1.70 bits per heavy atom. The maximum absolute atomic E-state index is 13.2. The van der Waals surface area contributed by atoms with Gasteiger partial charge >= 0.3 is 5.97 Å². The van der Waals surface area contributed by atoms with E-state index in [4.69, 9.17) is 11.5 Å². The fraction of sp³-hybridized carbons (Fsp3) is 0.520. The Kier molecular flexibility index (Phi) is 13.5. The van der Waals surface area contributed by atoms with E-state index >= 15 is 0 Å². The highest BCUT2D eigenvalue weighted by molar-refractivity contribution is 5.97. The lowest BCUT2D eigenvalue weighted by Crippen LogP contribution is -2.59. The summed E-state index contributed by atoms with van der Waals surface area (Å²) in [5.41, 5.74) is 11.4. The van der Waals surface area contributed by atoms with Crippen molar-refractivity contribution in [3.05, 3.63) is 29.8 Å². The maximum Gasteiger partial charge on any atom is 0.326 e. The number of amides is 5. The van der Waals surface area contributed by atoms with Crippen LogP contribution >= 0.6 is 0 Å². The van der Waals surface area contributed by atoms with Crippen molar-refractivity contribution in [2.24, 2.45) is 11.5 Å². The summed E-state index contributed by atoms with van der Waals surface area (Å²) in [6.07, 6.45) is -1.86. The second kappa shape index (κ2) is 16.0. The Morgan fingerprint density at radius 2 is 1.23 bits per heavy atom. The molecule has 15 nitrogen and oxygen atoms in total. The van der Waals surface area contributed by atoms with E-state index < -0.39 is 78.2 Å². The van der Waals surface area contributed by atoms with E-state index in [0.717, 1.165) is 0 Å². The number of phenolic OH excluding ortho intramolecular Hbond substituents is 1. The molecule has 0 saturated heterocycles. The number of benzene rings is 1. The van der Waals surface area contributed by atoms with E-state index in [1.807, 2.05) is 0 Å². The van der Waals surface area contributed by atoms with Gasteiger partial charge in [-0.15, -0.1) is 0 Å². The topological polar surface area (TPSA) is 263 Å². The van der Waals surface area contributed by atoms with Crippen LogP contribution in [0.4, 0.5) is 0 Å². The summed E-state index contributed by atoms with van der Waals surface area (Å²) in [6.45, 7) is 4.40. The van der Waals surface area contributed by atoms with Gasteiger partial charge < -0.3 is 48.1 Å². The van der Waals surface area contributed by atoms with Crippen molar-refractivity contribution < 1.29 is 44.1 Å². The highest BCUT2D eigenvalue weighted by Crippen LogP contribution is 2.12. The number of primary amides is 1. The van der Waals surface area contributed by atoms with Crippen LogP contribution in [0.1, 0.15) is 45.6 Å². The zero-order valence-electron chi connectivity index (χ0n) is 22.5. The van der Waals surface area contributed by atoms with Crippen LogP contribution in [0, 0.1) is 0 Å². The van der Waals surface area contributed by atoms with Crippen LogP contribution < -0.4 is 32.7 Å². The number of phenols is 1. The molecule has 6 atom stereocenters. The SMILES string of the molecule is CCC(NC(=O)C(Cc1ccc(O)cc1)NC(=O)C(CC(N)=O)NC(=O)C(CC)NC(=O)C(N)C(C)O)C(=O)O. The average molecular weight is 567 g/mol. The van der Waals surface area contributed by atoms with Gasteiger partial charge in [0.15, 0.2) is 0 Å². The number of nitrogens with two attached hydrogens (primary N) is 2. The van der Waals surface area contributed by atoms with Gasteiger partial charge in [-0.25, -0.2) is 4.79 Å². The van der Waals surface area contributed by atoms with Crippen molar-refractivity contribution in [2.45, 2.75) is 82.8 Å². The molecule has 0 aliphatic rings. The molecule has 5 amide bonds. The summed E-state index contributed by atoms with van der Waals surface area (Å²) in [7, 11) is 0. The molecule has 6 unspecified atom stereocenters. The fourth-order valence-electron chi connectivity index (χ4n) is 3.48. The number of nitrogens with one attached hydrogen (secondary N) is 4. The van der Waals surface area contributed by atoms with Crippen LogP contribution in [-0.4, -0.2) is 87.1 Å². The third-order valence-electron chi connectivity index (χ3n) is 5.93. The lowest BCUT2D eigenvalue weighted by Gasteiger charge is -2.26. The van der Waals surface area contributed by atoms with E-state index in [1.165, 1.54) is 31.2 Å². The van der Waals surface area contributed by atoms with Crippen LogP contribution in [0.5, 0.6) is 5.75 Å². The number of carbonyl (C=O) groups excluding carboxylic acids is 5. The lowest BCUT2D eigenvalue weighted by molar-refractivity contribution is -0.142. The number of aromatic hydroxyl groups is 1. The minimum absolute atomic E-state index is 0.0399. The molecular weight excluding hydrogens is 528 g/mol. The van der Waals surface area contributed by atoms with Gasteiger partial charge in [-0.1, -0.05) is 26.0 Å². The van der Waals surface area contributed by atoms with Crippen molar-refractivity contribution in [2.75, 3.05) is 0 Å². The first-order valence-corrected chi connectivity index (χ1v) is 12.6. The number of carbonyl (C=O) groups is 6. The number of aliphatic hydroxyl groups excluding tert-OH is 1. The molecule has 0 saturated carbocycles. The van der Waals surface area contributed by atoms with Gasteiger partial charge in [-0.3, -0.25) is 24.0 Å². The number of aliphatic carboxylic acids is 1. The molecule has 0 aromatic heterocycles. The second-order valence-electron chi connectivity index (χ2n) is 9.21. The smallest absolute Gasteiger partial charge is 0.326 e. The van der Waals surface area contributed by atoms with Crippen LogP contribution in [0.25, 0.3) is 0 Å². The summed E-state index contributed by atoms with van der Waals surface area (Å²) in [5, 5.41) is 37.8. The van der Waals surface area contributed by atoms with E-state index in [2.05, 4.69) is 21.3 Å². The van der Waals surface area contributed by atoms with E-state index in [-0.39, 0.29) is 25.0 Å². The van der Waals surface area contributed by atoms with Crippen LogP contribution in [0.2, 0.25) is 0 Å². The predicted molar refractivity (Wildman–Crippen MR) is 141 cm³/mol. The number of carboxylic acid groups (broad SMARTS) is 1. The Hall–Kier alpha value is -4.24. The van der Waals surface area contributed by atoms with Gasteiger partial charge in [0.05, 0.1) is 12.5 Å². The molecule has 1 rings (SSSR count). The molecule has 40 heavy (non-hydrogen) atoms. The quantitative estimate of drug-likeness (QED) is 0.100. The highest BCUT2D eigenvalue weighted by Gasteiger charge is 2.32. The van der Waals surface area contributed by atoms with Gasteiger partial charge in [0.25, 0.3) is 0 Å². The van der Waals surface area contributed by atoms with Gasteiger partial charge in [0, 0.05) is 6.42 Å². The number of carboxylic acids is 1. The summed E-state index contributed by atoms with van der Waals surface area (Å²) in [6, 6.07) is -0.942. The number of hydrogen-bond acceptors (Lipinski definition) is 9. The molecule has 15 heteroatoms. The molecule has 0 fully saturated rings. The highest BCUT2D eigenvalue weighted by atomic mass is 16.4. The zero-order valence-corrected chi connectivity index (χ0v) is 22.5. The van der Waals surface area contributed by atoms with E-state index in [9.17, 15) is 44.1 Å². The molecule has 11 N–H and O–H groups in total. The molecule has 0 heterocycles. The first-order valence-electron chi connectivity index (χ1n) is 12.6. The van der Waals surface area contributed by atoms with Gasteiger partial charge in [-0.05, 0) is 37.5 Å². The van der Waals surface area contributed by atoms with Crippen molar-refractivity contribution in [1.29, 1.82) is 0 Å². The summed E-state index contributed by atoms with van der Waals surface area (Å²) >= 11 is 0. The Labute approximate surface area is 231 Å². The van der Waals surface area contributed by atoms with Crippen LogP contribution in [-0.2, 0) is 35.2 Å². The first kappa shape index (κ1) is 33.8. The number of rotatable bonds is 16. The van der Waals surface area contributed by atoms with E-state index in [1.54, 1.807) is 13.8 Å². The number of hydrogen-bond donors (Lipinski definition) is 9. The fourth-order valence-corrected chi connectivity index (χ4v) is 3.48. The molecular formula is C25H38N6O9. The largest absolute Gasteiger partial charge is 0.508 e. The van der Waals surface area contributed by atoms with Crippen molar-refractivity contribution in [3.8, 4) is 5.75 Å². The maximum atomic E-state index is 13.2. The summed E-state index contributed by atoms with van der Waals surface area (Å²) in [4.78, 5) is 74.4. The minimum Gasteiger partial charge on any atom is -0.508 e. The normalized spacial score (nSPS) is 15.3. The Morgan fingerprint density at radius 1 is 0.775 bits per heavy atom. The molecule has 1 aromatic rings. The van der Waals surface area contributed by atoms with Gasteiger partial charge in [0.2, 0.25) is 29.5 Å². The second-order valence-corrected chi connectivity index (χ2v) is 9.21. The van der Waals surface area contributed by atoms with Gasteiger partial charge in [0.1, 0.15) is 36.0 Å².